The molecule has 0 unspecified atom stereocenters. The smallest absolute Gasteiger partial charge is 0.344 e. The molecule has 0 aromatic carbocycles. The summed E-state index contributed by atoms with van der Waals surface area (Å²) in [5, 5.41) is 0. The Bertz CT molecular complexity index is 290. The van der Waals surface area contributed by atoms with Gasteiger partial charge < -0.3 is 9.47 Å². The molecule has 0 aliphatic heterocycles. The van der Waals surface area contributed by atoms with Gasteiger partial charge in [0, 0.05) is 0 Å². The van der Waals surface area contributed by atoms with E-state index >= 15 is 0 Å². The zero-order valence-corrected chi connectivity index (χ0v) is 11.7. The lowest BCUT2D eigenvalue weighted by Gasteiger charge is -2.35. The van der Waals surface area contributed by atoms with Crippen LogP contribution in [0.4, 0.5) is 0 Å². The van der Waals surface area contributed by atoms with Crippen molar-refractivity contribution in [2.45, 2.75) is 64.9 Å². The minimum atomic E-state index is -0.423. The third kappa shape index (κ3) is 4.31. The minimum absolute atomic E-state index is 0.215. The highest BCUT2D eigenvalue weighted by Gasteiger charge is 2.34. The molecule has 1 aliphatic rings. The van der Waals surface area contributed by atoms with Crippen LogP contribution in [0.1, 0.15) is 59.3 Å². The summed E-state index contributed by atoms with van der Waals surface area (Å²) in [5.41, 5.74) is -0.320. The molecule has 0 spiro atoms. The van der Waals surface area contributed by atoms with Crippen LogP contribution in [0.15, 0.2) is 0 Å². The molecule has 0 N–H and O–H groups in total. The molecule has 0 bridgehead atoms. The summed E-state index contributed by atoms with van der Waals surface area (Å²) >= 11 is 0. The molecular formula is C14H24O4. The van der Waals surface area contributed by atoms with E-state index in [2.05, 4.69) is 0 Å². The van der Waals surface area contributed by atoms with Crippen LogP contribution in [-0.2, 0) is 19.1 Å². The fourth-order valence-corrected chi connectivity index (χ4v) is 2.29. The SMILES string of the molecule is CCC1(OC(=O)COC(=O)C(C)C)CCCCC1. The summed E-state index contributed by atoms with van der Waals surface area (Å²) < 4.78 is 10.4. The van der Waals surface area contributed by atoms with Crippen molar-refractivity contribution in [3.05, 3.63) is 0 Å². The average Bonchev–Trinajstić information content (AvgIpc) is 2.36. The van der Waals surface area contributed by atoms with Crippen LogP contribution in [0.5, 0.6) is 0 Å². The van der Waals surface area contributed by atoms with Gasteiger partial charge in [-0.1, -0.05) is 27.2 Å². The van der Waals surface area contributed by atoms with Crippen molar-refractivity contribution in [3.63, 3.8) is 0 Å². The number of esters is 2. The minimum Gasteiger partial charge on any atom is -0.457 e. The van der Waals surface area contributed by atoms with Crippen molar-refractivity contribution in [2.24, 2.45) is 5.92 Å². The number of hydrogen-bond donors (Lipinski definition) is 0. The van der Waals surface area contributed by atoms with E-state index in [1.54, 1.807) is 13.8 Å². The first kappa shape index (κ1) is 15.0. The maximum Gasteiger partial charge on any atom is 0.344 e. The van der Waals surface area contributed by atoms with E-state index in [4.69, 9.17) is 9.47 Å². The van der Waals surface area contributed by atoms with E-state index in [1.807, 2.05) is 6.92 Å². The molecule has 4 nitrogen and oxygen atoms in total. The lowest BCUT2D eigenvalue weighted by atomic mass is 9.83. The number of rotatable bonds is 5. The molecule has 1 aliphatic carbocycles. The van der Waals surface area contributed by atoms with Gasteiger partial charge in [0.2, 0.25) is 0 Å². The van der Waals surface area contributed by atoms with E-state index in [9.17, 15) is 9.59 Å². The molecule has 0 radical (unpaired) electrons. The highest BCUT2D eigenvalue weighted by atomic mass is 16.6. The van der Waals surface area contributed by atoms with E-state index in [0.717, 1.165) is 32.1 Å². The molecule has 4 heteroatoms. The van der Waals surface area contributed by atoms with E-state index in [-0.39, 0.29) is 24.1 Å². The first-order valence-corrected chi connectivity index (χ1v) is 6.87. The lowest BCUT2D eigenvalue weighted by molar-refractivity contribution is -0.174. The average molecular weight is 256 g/mol. The van der Waals surface area contributed by atoms with Gasteiger partial charge in [-0.05, 0) is 32.1 Å². The first-order chi connectivity index (χ1) is 8.49. The van der Waals surface area contributed by atoms with Gasteiger partial charge in [0.15, 0.2) is 6.61 Å². The van der Waals surface area contributed by atoms with Crippen molar-refractivity contribution in [3.8, 4) is 0 Å². The van der Waals surface area contributed by atoms with Gasteiger partial charge in [-0.25, -0.2) is 4.79 Å². The van der Waals surface area contributed by atoms with Gasteiger partial charge in [0.1, 0.15) is 5.60 Å². The lowest BCUT2D eigenvalue weighted by Crippen LogP contribution is -2.38. The zero-order chi connectivity index (χ0) is 13.6. The van der Waals surface area contributed by atoms with Crippen LogP contribution in [0.25, 0.3) is 0 Å². The molecule has 104 valence electrons. The summed E-state index contributed by atoms with van der Waals surface area (Å²) in [6.45, 7) is 5.25. The van der Waals surface area contributed by atoms with E-state index in [0.29, 0.717) is 0 Å². The van der Waals surface area contributed by atoms with Crippen molar-refractivity contribution in [1.29, 1.82) is 0 Å². The van der Waals surface area contributed by atoms with Crippen LogP contribution >= 0.6 is 0 Å². The third-order valence-electron chi connectivity index (χ3n) is 3.54. The highest BCUT2D eigenvalue weighted by molar-refractivity contribution is 5.77. The summed E-state index contributed by atoms with van der Waals surface area (Å²) in [7, 11) is 0. The summed E-state index contributed by atoms with van der Waals surface area (Å²) in [6, 6.07) is 0. The van der Waals surface area contributed by atoms with E-state index < -0.39 is 5.97 Å². The molecule has 1 fully saturated rings. The van der Waals surface area contributed by atoms with Crippen molar-refractivity contribution < 1.29 is 19.1 Å². The number of ether oxygens (including phenoxy) is 2. The Balaban J connectivity index is 2.40. The largest absolute Gasteiger partial charge is 0.457 e. The van der Waals surface area contributed by atoms with Gasteiger partial charge >= 0.3 is 11.9 Å². The van der Waals surface area contributed by atoms with E-state index in [1.165, 1.54) is 6.42 Å². The molecule has 1 saturated carbocycles. The third-order valence-corrected chi connectivity index (χ3v) is 3.54. The summed E-state index contributed by atoms with van der Waals surface area (Å²) in [4.78, 5) is 23.0. The fraction of sp³-hybridized carbons (Fsp3) is 0.857. The molecule has 0 aromatic heterocycles. The van der Waals surface area contributed by atoms with Gasteiger partial charge in [-0.2, -0.15) is 0 Å². The van der Waals surface area contributed by atoms with Crippen molar-refractivity contribution >= 4 is 11.9 Å². The van der Waals surface area contributed by atoms with Crippen LogP contribution in [0.2, 0.25) is 0 Å². The summed E-state index contributed by atoms with van der Waals surface area (Å²) in [6.07, 6.45) is 6.10. The Morgan fingerprint density at radius 3 is 2.28 bits per heavy atom. The second kappa shape index (κ2) is 6.76. The predicted molar refractivity (Wildman–Crippen MR) is 68.0 cm³/mol. The monoisotopic (exact) mass is 256 g/mol. The van der Waals surface area contributed by atoms with Gasteiger partial charge in [0.25, 0.3) is 0 Å². The van der Waals surface area contributed by atoms with Crippen LogP contribution in [0.3, 0.4) is 0 Å². The molecule has 0 atom stereocenters. The maximum atomic E-state index is 11.7. The first-order valence-electron chi connectivity index (χ1n) is 6.87. The quantitative estimate of drug-likeness (QED) is 0.710. The Morgan fingerprint density at radius 1 is 1.17 bits per heavy atom. The van der Waals surface area contributed by atoms with Gasteiger partial charge in [-0.15, -0.1) is 0 Å². The Kier molecular flexibility index (Phi) is 5.63. The van der Waals surface area contributed by atoms with Crippen LogP contribution in [0, 0.1) is 5.92 Å². The Hall–Kier alpha value is -1.06. The molecular weight excluding hydrogens is 232 g/mol. The van der Waals surface area contributed by atoms with Crippen molar-refractivity contribution in [2.75, 3.05) is 6.61 Å². The number of carbonyl (C=O) groups is 2. The fourth-order valence-electron chi connectivity index (χ4n) is 2.29. The maximum absolute atomic E-state index is 11.7. The van der Waals surface area contributed by atoms with Gasteiger partial charge in [0.05, 0.1) is 5.92 Å². The number of carbonyl (C=O) groups excluding carboxylic acids is 2. The molecule has 0 amide bonds. The molecule has 18 heavy (non-hydrogen) atoms. The topological polar surface area (TPSA) is 52.6 Å². The second-order valence-corrected chi connectivity index (χ2v) is 5.33. The standard InChI is InChI=1S/C14H24O4/c1-4-14(8-6-5-7-9-14)18-12(15)10-17-13(16)11(2)3/h11H,4-10H2,1-3H3. The van der Waals surface area contributed by atoms with Crippen LogP contribution < -0.4 is 0 Å². The van der Waals surface area contributed by atoms with Crippen LogP contribution in [-0.4, -0.2) is 24.1 Å². The Morgan fingerprint density at radius 2 is 1.78 bits per heavy atom. The normalized spacial score (nSPS) is 18.4. The number of hydrogen-bond acceptors (Lipinski definition) is 4. The molecule has 0 aromatic rings. The Labute approximate surface area is 109 Å². The molecule has 0 heterocycles. The van der Waals surface area contributed by atoms with Gasteiger partial charge in [-0.3, -0.25) is 4.79 Å². The second-order valence-electron chi connectivity index (χ2n) is 5.33. The summed E-state index contributed by atoms with van der Waals surface area (Å²) in [5.74, 6) is -0.999. The molecule has 0 saturated heterocycles. The molecule has 1 rings (SSSR count). The highest BCUT2D eigenvalue weighted by Crippen LogP contribution is 2.34. The predicted octanol–water partition coefficient (Wildman–Crippen LogP) is 2.84. The van der Waals surface area contributed by atoms with Crippen molar-refractivity contribution in [1.82, 2.24) is 0 Å². The zero-order valence-electron chi connectivity index (χ0n) is 11.7.